The maximum atomic E-state index is 12.5. The van der Waals surface area contributed by atoms with E-state index in [1.165, 1.54) is 4.90 Å². The van der Waals surface area contributed by atoms with Crippen LogP contribution in [0.4, 0.5) is 0 Å². The largest absolute Gasteiger partial charge is 0.492 e. The van der Waals surface area contributed by atoms with Crippen molar-refractivity contribution in [2.24, 2.45) is 0 Å². The first kappa shape index (κ1) is 12.0. The highest BCUT2D eigenvalue weighted by Gasteiger charge is 2.40. The van der Waals surface area contributed by atoms with Gasteiger partial charge in [0.2, 0.25) is 5.91 Å². The van der Waals surface area contributed by atoms with Crippen molar-refractivity contribution < 1.29 is 19.4 Å². The number of amides is 1. The lowest BCUT2D eigenvalue weighted by Gasteiger charge is -2.24. The van der Waals surface area contributed by atoms with Gasteiger partial charge in [-0.1, -0.05) is 18.2 Å². The number of carbonyl (C=O) groups is 2. The van der Waals surface area contributed by atoms with E-state index in [2.05, 4.69) is 0 Å². The molecule has 3 rings (SSSR count). The second kappa shape index (κ2) is 4.57. The third kappa shape index (κ3) is 1.95. The van der Waals surface area contributed by atoms with E-state index in [9.17, 15) is 9.59 Å². The number of benzene rings is 1. The molecular formula is C14H15NO4. The van der Waals surface area contributed by atoms with Crippen LogP contribution in [0.25, 0.3) is 0 Å². The molecule has 0 radical (unpaired) electrons. The van der Waals surface area contributed by atoms with Crippen molar-refractivity contribution in [3.63, 3.8) is 0 Å². The summed E-state index contributed by atoms with van der Waals surface area (Å²) in [5.74, 6) is -0.684. The molecule has 2 heterocycles. The van der Waals surface area contributed by atoms with E-state index < -0.39 is 12.0 Å². The van der Waals surface area contributed by atoms with Gasteiger partial charge >= 0.3 is 5.97 Å². The van der Waals surface area contributed by atoms with Crippen molar-refractivity contribution in [1.82, 2.24) is 4.90 Å². The third-order valence-electron chi connectivity index (χ3n) is 3.82. The fourth-order valence-electron chi connectivity index (χ4n) is 2.85. The van der Waals surface area contributed by atoms with Crippen molar-refractivity contribution >= 4 is 11.9 Å². The Morgan fingerprint density at radius 2 is 2.11 bits per heavy atom. The zero-order valence-electron chi connectivity index (χ0n) is 10.4. The van der Waals surface area contributed by atoms with E-state index in [1.54, 1.807) is 0 Å². The van der Waals surface area contributed by atoms with Crippen LogP contribution < -0.4 is 4.74 Å². The maximum absolute atomic E-state index is 12.5. The van der Waals surface area contributed by atoms with E-state index in [0.717, 1.165) is 17.7 Å². The smallest absolute Gasteiger partial charge is 0.326 e. The molecule has 0 aliphatic carbocycles. The molecule has 0 aromatic heterocycles. The Kier molecular flexibility index (Phi) is 2.89. The van der Waals surface area contributed by atoms with Gasteiger partial charge in [0.25, 0.3) is 0 Å². The first-order valence-electron chi connectivity index (χ1n) is 6.43. The lowest BCUT2D eigenvalue weighted by molar-refractivity contribution is -0.148. The predicted octanol–water partition coefficient (Wildman–Crippen LogP) is 1.24. The fourth-order valence-corrected chi connectivity index (χ4v) is 2.85. The summed E-state index contributed by atoms with van der Waals surface area (Å²) in [7, 11) is 0. The molecule has 2 atom stereocenters. The summed E-state index contributed by atoms with van der Waals surface area (Å²) < 4.78 is 5.49. The third-order valence-corrected chi connectivity index (χ3v) is 3.82. The summed E-state index contributed by atoms with van der Waals surface area (Å²) in [6.07, 6.45) is 1.29. The number of likely N-dealkylation sites (tertiary alicyclic amines) is 1. The van der Waals surface area contributed by atoms with Crippen LogP contribution in [0.1, 0.15) is 24.3 Å². The van der Waals surface area contributed by atoms with Gasteiger partial charge in [-0.3, -0.25) is 4.79 Å². The second-order valence-electron chi connectivity index (χ2n) is 4.93. The first-order valence-corrected chi connectivity index (χ1v) is 6.43. The molecule has 0 bridgehead atoms. The molecule has 0 unspecified atom stereocenters. The number of nitrogens with zero attached hydrogens (tertiary/aromatic N) is 1. The van der Waals surface area contributed by atoms with E-state index in [-0.39, 0.29) is 11.8 Å². The second-order valence-corrected chi connectivity index (χ2v) is 4.93. The minimum Gasteiger partial charge on any atom is -0.492 e. The molecule has 100 valence electrons. The van der Waals surface area contributed by atoms with Gasteiger partial charge in [-0.15, -0.1) is 0 Å². The van der Waals surface area contributed by atoms with Gasteiger partial charge in [0.15, 0.2) is 0 Å². The van der Waals surface area contributed by atoms with Crippen molar-refractivity contribution in [3.8, 4) is 5.75 Å². The van der Waals surface area contributed by atoms with Crippen LogP contribution in [0, 0.1) is 0 Å². The zero-order valence-corrected chi connectivity index (χ0v) is 10.4. The quantitative estimate of drug-likeness (QED) is 0.869. The lowest BCUT2D eigenvalue weighted by atomic mass is 9.99. The Morgan fingerprint density at radius 3 is 2.89 bits per heavy atom. The molecule has 2 aliphatic rings. The summed E-state index contributed by atoms with van der Waals surface area (Å²) in [5, 5.41) is 9.15. The zero-order chi connectivity index (χ0) is 13.4. The topological polar surface area (TPSA) is 66.8 Å². The fraction of sp³-hybridized carbons (Fsp3) is 0.429. The van der Waals surface area contributed by atoms with E-state index in [0.29, 0.717) is 19.6 Å². The number of aliphatic carboxylic acids is 1. The molecule has 1 saturated heterocycles. The van der Waals surface area contributed by atoms with E-state index >= 15 is 0 Å². The van der Waals surface area contributed by atoms with Gasteiger partial charge in [0.1, 0.15) is 24.3 Å². The van der Waals surface area contributed by atoms with Gasteiger partial charge < -0.3 is 14.7 Å². The van der Waals surface area contributed by atoms with Crippen LogP contribution >= 0.6 is 0 Å². The standard InChI is InChI=1S/C14H15NO4/c16-13(15-7-3-5-11(15)14(17)18)10-8-19-12-6-2-1-4-9(10)12/h1-2,4,6,10-11H,3,5,7-8H2,(H,17,18)/t10-,11+/m0/s1. The number of carboxylic acids is 1. The highest BCUT2D eigenvalue weighted by Crippen LogP contribution is 2.36. The molecule has 5 heteroatoms. The van der Waals surface area contributed by atoms with E-state index in [1.807, 2.05) is 24.3 Å². The van der Waals surface area contributed by atoms with Crippen LogP contribution in [0.3, 0.4) is 0 Å². The number of carboxylic acid groups (broad SMARTS) is 1. The summed E-state index contributed by atoms with van der Waals surface area (Å²) >= 11 is 0. The van der Waals surface area contributed by atoms with Gasteiger partial charge in [-0.25, -0.2) is 4.79 Å². The molecule has 1 amide bonds. The monoisotopic (exact) mass is 261 g/mol. The van der Waals surface area contributed by atoms with Crippen LogP contribution in [0.15, 0.2) is 24.3 Å². The summed E-state index contributed by atoms with van der Waals surface area (Å²) in [6.45, 7) is 0.829. The number of fused-ring (bicyclic) bond motifs is 1. The predicted molar refractivity (Wildman–Crippen MR) is 67.0 cm³/mol. The molecule has 2 aliphatic heterocycles. The number of para-hydroxylation sites is 1. The summed E-state index contributed by atoms with van der Waals surface area (Å²) in [6, 6.07) is 6.76. The molecule has 1 aromatic rings. The normalized spacial score (nSPS) is 24.9. The number of hydrogen-bond donors (Lipinski definition) is 1. The van der Waals surface area contributed by atoms with Gasteiger partial charge in [0.05, 0.1) is 0 Å². The molecular weight excluding hydrogens is 246 g/mol. The molecule has 1 fully saturated rings. The lowest BCUT2D eigenvalue weighted by Crippen LogP contribution is -2.43. The Morgan fingerprint density at radius 1 is 1.32 bits per heavy atom. The minimum absolute atomic E-state index is 0.130. The Labute approximate surface area is 110 Å². The van der Waals surface area contributed by atoms with Crippen molar-refractivity contribution in [3.05, 3.63) is 29.8 Å². The highest BCUT2D eigenvalue weighted by atomic mass is 16.5. The van der Waals surface area contributed by atoms with Crippen molar-refractivity contribution in [1.29, 1.82) is 0 Å². The van der Waals surface area contributed by atoms with Gasteiger partial charge in [-0.2, -0.15) is 0 Å². The molecule has 0 spiro atoms. The minimum atomic E-state index is -0.918. The first-order chi connectivity index (χ1) is 9.18. The SMILES string of the molecule is O=C(O)[C@H]1CCCN1C(=O)[C@H]1COc2ccccc21. The Hall–Kier alpha value is -2.04. The number of hydrogen-bond acceptors (Lipinski definition) is 3. The van der Waals surface area contributed by atoms with Gasteiger partial charge in [-0.05, 0) is 18.9 Å². The van der Waals surface area contributed by atoms with Crippen LogP contribution in [-0.4, -0.2) is 41.1 Å². The average molecular weight is 261 g/mol. The molecule has 0 saturated carbocycles. The number of rotatable bonds is 2. The Balaban J connectivity index is 1.84. The van der Waals surface area contributed by atoms with E-state index in [4.69, 9.17) is 9.84 Å². The number of ether oxygens (including phenoxy) is 1. The summed E-state index contributed by atoms with van der Waals surface area (Å²) in [4.78, 5) is 25.1. The maximum Gasteiger partial charge on any atom is 0.326 e. The summed E-state index contributed by atoms with van der Waals surface area (Å²) in [5.41, 5.74) is 0.864. The van der Waals surface area contributed by atoms with Crippen LogP contribution in [-0.2, 0) is 9.59 Å². The van der Waals surface area contributed by atoms with Crippen LogP contribution in [0.5, 0.6) is 5.75 Å². The van der Waals surface area contributed by atoms with Crippen molar-refractivity contribution in [2.75, 3.05) is 13.2 Å². The van der Waals surface area contributed by atoms with Gasteiger partial charge in [0, 0.05) is 12.1 Å². The van der Waals surface area contributed by atoms with Crippen LogP contribution in [0.2, 0.25) is 0 Å². The molecule has 1 aromatic carbocycles. The highest BCUT2D eigenvalue weighted by molar-refractivity contribution is 5.89. The molecule has 1 N–H and O–H groups in total. The van der Waals surface area contributed by atoms with Crippen molar-refractivity contribution in [2.45, 2.75) is 24.8 Å². The molecule has 5 nitrogen and oxygen atoms in total. The number of carbonyl (C=O) groups excluding carboxylic acids is 1. The average Bonchev–Trinajstić information content (AvgIpc) is 3.05. The Bertz CT molecular complexity index is 528. The molecule has 19 heavy (non-hydrogen) atoms.